The van der Waals surface area contributed by atoms with Gasteiger partial charge in [0.05, 0.1) is 13.2 Å². The maximum atomic E-state index is 11.9. The van der Waals surface area contributed by atoms with Gasteiger partial charge in [-0.2, -0.15) is 0 Å². The van der Waals surface area contributed by atoms with Gasteiger partial charge in [0.2, 0.25) is 12.2 Å². The van der Waals surface area contributed by atoms with Crippen molar-refractivity contribution in [2.75, 3.05) is 33.4 Å². The number of ether oxygens (including phenoxy) is 1. The van der Waals surface area contributed by atoms with Gasteiger partial charge in [-0.25, -0.2) is 0 Å². The standard InChI is InChI=1S/C11H18N4O5/c1-20-7-5-14(4-6-16)11(17)2-3-13-8-10(12-9-13)15(18)19/h8-9,16H,2-7H2,1H3. The molecule has 0 aliphatic carbocycles. The Hall–Kier alpha value is -2.00. The van der Waals surface area contributed by atoms with E-state index in [2.05, 4.69) is 4.98 Å². The molecule has 1 heterocycles. The minimum atomic E-state index is -0.588. The number of methoxy groups -OCH3 is 1. The van der Waals surface area contributed by atoms with E-state index in [-0.39, 0.29) is 31.3 Å². The highest BCUT2D eigenvalue weighted by Gasteiger charge is 2.14. The van der Waals surface area contributed by atoms with E-state index in [0.29, 0.717) is 19.7 Å². The van der Waals surface area contributed by atoms with Gasteiger partial charge in [-0.05, 0) is 9.91 Å². The van der Waals surface area contributed by atoms with Crippen molar-refractivity contribution in [3.05, 3.63) is 22.6 Å². The van der Waals surface area contributed by atoms with Crippen molar-refractivity contribution in [1.29, 1.82) is 0 Å². The zero-order valence-corrected chi connectivity index (χ0v) is 11.3. The number of aryl methyl sites for hydroxylation is 1. The molecule has 1 amide bonds. The summed E-state index contributed by atoms with van der Waals surface area (Å²) in [5, 5.41) is 19.4. The van der Waals surface area contributed by atoms with Crippen molar-refractivity contribution >= 4 is 11.7 Å². The number of nitrogens with zero attached hydrogens (tertiary/aromatic N) is 4. The van der Waals surface area contributed by atoms with Crippen LogP contribution in [0.1, 0.15) is 6.42 Å². The molecule has 0 bridgehead atoms. The first-order valence-electron chi connectivity index (χ1n) is 6.12. The van der Waals surface area contributed by atoms with Crippen LogP contribution in [0.5, 0.6) is 0 Å². The van der Waals surface area contributed by atoms with Crippen LogP contribution in [-0.2, 0) is 16.1 Å². The Morgan fingerprint density at radius 2 is 2.35 bits per heavy atom. The lowest BCUT2D eigenvalue weighted by Gasteiger charge is -2.21. The van der Waals surface area contributed by atoms with Crippen LogP contribution < -0.4 is 0 Å². The molecule has 0 fully saturated rings. The molecule has 1 rings (SSSR count). The zero-order valence-electron chi connectivity index (χ0n) is 11.3. The van der Waals surface area contributed by atoms with Crippen LogP contribution in [0.25, 0.3) is 0 Å². The molecule has 9 heteroatoms. The average Bonchev–Trinajstić information content (AvgIpc) is 2.90. The number of nitro groups is 1. The van der Waals surface area contributed by atoms with Crippen molar-refractivity contribution < 1.29 is 19.6 Å². The molecule has 0 saturated carbocycles. The first-order valence-corrected chi connectivity index (χ1v) is 6.12. The molecule has 0 aliphatic rings. The van der Waals surface area contributed by atoms with E-state index in [9.17, 15) is 14.9 Å². The monoisotopic (exact) mass is 286 g/mol. The summed E-state index contributed by atoms with van der Waals surface area (Å²) in [7, 11) is 1.53. The molecule has 0 aliphatic heterocycles. The van der Waals surface area contributed by atoms with Crippen molar-refractivity contribution in [1.82, 2.24) is 14.5 Å². The molecule has 112 valence electrons. The average molecular weight is 286 g/mol. The van der Waals surface area contributed by atoms with Gasteiger partial charge in [0.15, 0.2) is 0 Å². The molecule has 1 aromatic heterocycles. The second-order valence-electron chi connectivity index (χ2n) is 4.07. The second kappa shape index (κ2) is 8.23. The van der Waals surface area contributed by atoms with Gasteiger partial charge in [0.25, 0.3) is 0 Å². The number of hydrogen-bond acceptors (Lipinski definition) is 6. The van der Waals surface area contributed by atoms with Crippen molar-refractivity contribution in [3.63, 3.8) is 0 Å². The Morgan fingerprint density at radius 3 is 2.90 bits per heavy atom. The third-order valence-corrected chi connectivity index (χ3v) is 2.68. The van der Waals surface area contributed by atoms with Gasteiger partial charge >= 0.3 is 5.82 Å². The summed E-state index contributed by atoms with van der Waals surface area (Å²) in [6.45, 7) is 1.22. The van der Waals surface area contributed by atoms with E-state index in [1.807, 2.05) is 0 Å². The molecule has 0 atom stereocenters. The Labute approximate surface area is 115 Å². The van der Waals surface area contributed by atoms with Gasteiger partial charge in [-0.1, -0.05) is 0 Å². The minimum Gasteiger partial charge on any atom is -0.395 e. The molecule has 9 nitrogen and oxygen atoms in total. The van der Waals surface area contributed by atoms with E-state index in [4.69, 9.17) is 9.84 Å². The van der Waals surface area contributed by atoms with Crippen LogP contribution >= 0.6 is 0 Å². The minimum absolute atomic E-state index is 0.119. The lowest BCUT2D eigenvalue weighted by molar-refractivity contribution is -0.389. The first kappa shape index (κ1) is 16.1. The first-order chi connectivity index (χ1) is 9.58. The Bertz CT molecular complexity index is 448. The highest BCUT2D eigenvalue weighted by atomic mass is 16.6. The summed E-state index contributed by atoms with van der Waals surface area (Å²) >= 11 is 0. The summed E-state index contributed by atoms with van der Waals surface area (Å²) in [6.07, 6.45) is 2.77. The molecule has 0 radical (unpaired) electrons. The quantitative estimate of drug-likeness (QED) is 0.490. The lowest BCUT2D eigenvalue weighted by Crippen LogP contribution is -2.36. The van der Waals surface area contributed by atoms with Crippen molar-refractivity contribution in [2.24, 2.45) is 0 Å². The molecular weight excluding hydrogens is 268 g/mol. The summed E-state index contributed by atoms with van der Waals surface area (Å²) in [5.74, 6) is -0.392. The number of amides is 1. The van der Waals surface area contributed by atoms with E-state index < -0.39 is 4.92 Å². The number of imidazole rings is 1. The number of rotatable bonds is 9. The molecule has 1 aromatic rings. The summed E-state index contributed by atoms with van der Waals surface area (Å²) < 4.78 is 6.39. The van der Waals surface area contributed by atoms with Crippen molar-refractivity contribution in [2.45, 2.75) is 13.0 Å². The predicted octanol–water partition coefficient (Wildman–Crippen LogP) is -0.351. The number of hydrogen-bond donors (Lipinski definition) is 1. The summed E-state index contributed by atoms with van der Waals surface area (Å²) in [4.78, 5) is 26.9. The molecule has 0 unspecified atom stereocenters. The Morgan fingerprint density at radius 1 is 1.60 bits per heavy atom. The zero-order chi connectivity index (χ0) is 15.0. The van der Waals surface area contributed by atoms with Gasteiger partial charge in [-0.15, -0.1) is 0 Å². The van der Waals surface area contributed by atoms with Gasteiger partial charge in [-0.3, -0.25) is 4.79 Å². The SMILES string of the molecule is COCCN(CCO)C(=O)CCn1cnc([N+](=O)[O-])c1. The third kappa shape index (κ3) is 4.94. The number of aromatic nitrogens is 2. The van der Waals surface area contributed by atoms with E-state index >= 15 is 0 Å². The largest absolute Gasteiger partial charge is 0.395 e. The summed E-state index contributed by atoms with van der Waals surface area (Å²) in [6, 6.07) is 0. The predicted molar refractivity (Wildman–Crippen MR) is 69.0 cm³/mol. The number of carbonyl (C=O) groups is 1. The fourth-order valence-corrected chi connectivity index (χ4v) is 1.63. The van der Waals surface area contributed by atoms with E-state index in [1.165, 1.54) is 29.1 Å². The third-order valence-electron chi connectivity index (χ3n) is 2.68. The normalized spacial score (nSPS) is 10.5. The Kier molecular flexibility index (Phi) is 6.60. The van der Waals surface area contributed by atoms with Gasteiger partial charge < -0.3 is 29.4 Å². The smallest absolute Gasteiger partial charge is 0.381 e. The maximum Gasteiger partial charge on any atom is 0.381 e. The number of aliphatic hydroxyl groups excluding tert-OH is 1. The van der Waals surface area contributed by atoms with E-state index in [1.54, 1.807) is 0 Å². The number of aliphatic hydroxyl groups is 1. The van der Waals surface area contributed by atoms with Crippen LogP contribution in [-0.4, -0.2) is 63.8 Å². The van der Waals surface area contributed by atoms with Crippen LogP contribution in [0.3, 0.4) is 0 Å². The van der Waals surface area contributed by atoms with Crippen LogP contribution in [0.4, 0.5) is 5.82 Å². The maximum absolute atomic E-state index is 11.9. The Balaban J connectivity index is 2.48. The highest BCUT2D eigenvalue weighted by Crippen LogP contribution is 2.06. The molecular formula is C11H18N4O5. The molecule has 20 heavy (non-hydrogen) atoms. The van der Waals surface area contributed by atoms with Crippen LogP contribution in [0.15, 0.2) is 12.5 Å². The topological polar surface area (TPSA) is 111 Å². The van der Waals surface area contributed by atoms with Crippen molar-refractivity contribution in [3.8, 4) is 0 Å². The fourth-order valence-electron chi connectivity index (χ4n) is 1.63. The van der Waals surface area contributed by atoms with Crippen LogP contribution in [0, 0.1) is 10.1 Å². The highest BCUT2D eigenvalue weighted by molar-refractivity contribution is 5.76. The molecule has 0 spiro atoms. The molecule has 0 saturated heterocycles. The van der Waals surface area contributed by atoms with Gasteiger partial charge in [0.1, 0.15) is 6.20 Å². The van der Waals surface area contributed by atoms with Crippen LogP contribution in [0.2, 0.25) is 0 Å². The number of carbonyl (C=O) groups excluding carboxylic acids is 1. The fraction of sp³-hybridized carbons (Fsp3) is 0.636. The van der Waals surface area contributed by atoms with E-state index in [0.717, 1.165) is 0 Å². The second-order valence-corrected chi connectivity index (χ2v) is 4.07. The summed E-state index contributed by atoms with van der Waals surface area (Å²) in [5.41, 5.74) is 0. The molecule has 1 N–H and O–H groups in total. The van der Waals surface area contributed by atoms with Gasteiger partial charge in [0, 0.05) is 33.2 Å². The molecule has 0 aromatic carbocycles. The lowest BCUT2D eigenvalue weighted by atomic mass is 10.3.